The van der Waals surface area contributed by atoms with Crippen LogP contribution in [0.1, 0.15) is 46.8 Å². The molecule has 0 aromatic heterocycles. The molecular formula is C26H28F3IN4O3. The molecule has 0 radical (unpaired) electrons. The van der Waals surface area contributed by atoms with Crippen LogP contribution in [0.15, 0.2) is 58.7 Å². The van der Waals surface area contributed by atoms with E-state index in [1.54, 1.807) is 6.07 Å². The molecule has 37 heavy (non-hydrogen) atoms. The SMILES string of the molecule is C=C(N=C(C(N)=NC)c1ccc(C(=O)N[C@H](CO)c2cc(F)cc(I)c2)c(F)c1)[C@@H]1CC[C@@H](O)[C@H](F)C1. The average molecular weight is 628 g/mol. The van der Waals surface area contributed by atoms with Gasteiger partial charge in [0.05, 0.1) is 24.3 Å². The van der Waals surface area contributed by atoms with Crippen molar-refractivity contribution in [3.8, 4) is 0 Å². The Labute approximate surface area is 226 Å². The van der Waals surface area contributed by atoms with Gasteiger partial charge in [0.2, 0.25) is 0 Å². The minimum absolute atomic E-state index is 0.00792. The van der Waals surface area contributed by atoms with E-state index >= 15 is 4.39 Å². The highest BCUT2D eigenvalue weighted by atomic mass is 127. The second-order valence-electron chi connectivity index (χ2n) is 8.76. The van der Waals surface area contributed by atoms with E-state index in [0.29, 0.717) is 21.3 Å². The number of hydrogen-bond donors (Lipinski definition) is 4. The van der Waals surface area contributed by atoms with Gasteiger partial charge < -0.3 is 21.3 Å². The van der Waals surface area contributed by atoms with E-state index in [1.807, 2.05) is 22.6 Å². The fraction of sp³-hybridized carbons (Fsp3) is 0.346. The lowest BCUT2D eigenvalue weighted by Gasteiger charge is -2.28. The van der Waals surface area contributed by atoms with Crippen LogP contribution >= 0.6 is 22.6 Å². The highest BCUT2D eigenvalue weighted by Gasteiger charge is 2.31. The van der Waals surface area contributed by atoms with Crippen molar-refractivity contribution < 1.29 is 28.2 Å². The molecule has 0 spiro atoms. The molecule has 0 saturated heterocycles. The number of amides is 1. The lowest BCUT2D eigenvalue weighted by atomic mass is 9.84. The van der Waals surface area contributed by atoms with Crippen LogP contribution in [0, 0.1) is 21.1 Å². The standard InChI is InChI=1S/C26H28F3IN4O3/c1-13(14-4-6-23(36)21(29)9-14)33-24(25(31)32-2)15-3-5-19(20(28)10-15)26(37)34-22(12-35)16-7-17(27)11-18(30)8-16/h3,5,7-8,10-11,14,21-23,35-36H,1,4,6,9,12H2,2H3,(H2,31,32)(H,34,37)/t14-,21-,22-,23-/m1/s1. The normalized spacial score (nSPS) is 21.4. The van der Waals surface area contributed by atoms with Crippen molar-refractivity contribution in [1.82, 2.24) is 5.32 Å². The quantitative estimate of drug-likeness (QED) is 0.202. The molecule has 3 rings (SSSR count). The lowest BCUT2D eigenvalue weighted by Crippen LogP contribution is -2.32. The molecule has 4 atom stereocenters. The van der Waals surface area contributed by atoms with Crippen molar-refractivity contribution >= 4 is 40.0 Å². The summed E-state index contributed by atoms with van der Waals surface area (Å²) in [7, 11) is 1.43. The van der Waals surface area contributed by atoms with E-state index in [4.69, 9.17) is 5.73 Å². The second-order valence-corrected chi connectivity index (χ2v) is 10.0. The van der Waals surface area contributed by atoms with E-state index in [-0.39, 0.29) is 41.4 Å². The third-order valence-corrected chi connectivity index (χ3v) is 6.83. The molecular weight excluding hydrogens is 600 g/mol. The zero-order valence-corrected chi connectivity index (χ0v) is 22.3. The Balaban J connectivity index is 1.85. The third kappa shape index (κ3) is 7.17. The van der Waals surface area contributed by atoms with E-state index in [1.165, 1.54) is 31.3 Å². The summed E-state index contributed by atoms with van der Waals surface area (Å²) in [4.78, 5) is 21.1. The first-order valence-electron chi connectivity index (χ1n) is 11.5. The topological polar surface area (TPSA) is 120 Å². The van der Waals surface area contributed by atoms with Crippen molar-refractivity contribution in [2.45, 2.75) is 37.6 Å². The highest BCUT2D eigenvalue weighted by Crippen LogP contribution is 2.32. The molecule has 1 saturated carbocycles. The summed E-state index contributed by atoms with van der Waals surface area (Å²) in [5.74, 6) is -2.55. The maximum atomic E-state index is 15.1. The maximum Gasteiger partial charge on any atom is 0.254 e. The van der Waals surface area contributed by atoms with Crippen molar-refractivity contribution in [3.63, 3.8) is 0 Å². The zero-order valence-electron chi connectivity index (χ0n) is 20.1. The van der Waals surface area contributed by atoms with Gasteiger partial charge in [-0.15, -0.1) is 0 Å². The minimum atomic E-state index is -1.39. The number of aliphatic hydroxyl groups is 2. The summed E-state index contributed by atoms with van der Waals surface area (Å²) >= 11 is 1.91. The van der Waals surface area contributed by atoms with Gasteiger partial charge in [-0.2, -0.15) is 0 Å². The monoisotopic (exact) mass is 628 g/mol. The van der Waals surface area contributed by atoms with Gasteiger partial charge in [0.15, 0.2) is 0 Å². The number of hydrogen-bond acceptors (Lipinski definition) is 5. The molecule has 0 heterocycles. The van der Waals surface area contributed by atoms with Gasteiger partial charge in [0.1, 0.15) is 29.4 Å². The summed E-state index contributed by atoms with van der Waals surface area (Å²) in [5, 5.41) is 21.9. The molecule has 198 valence electrons. The van der Waals surface area contributed by atoms with Gasteiger partial charge in [0, 0.05) is 27.8 Å². The van der Waals surface area contributed by atoms with E-state index in [9.17, 15) is 23.8 Å². The Morgan fingerprint density at radius 1 is 1.27 bits per heavy atom. The number of rotatable bonds is 8. The Kier molecular flexibility index (Phi) is 9.85. The first-order chi connectivity index (χ1) is 17.5. The predicted octanol–water partition coefficient (Wildman–Crippen LogP) is 3.82. The van der Waals surface area contributed by atoms with Crippen LogP contribution < -0.4 is 11.1 Å². The number of aliphatic imine (C=N–C) groups is 2. The summed E-state index contributed by atoms with van der Waals surface area (Å²) < 4.78 is 43.4. The number of halogens is 4. The van der Waals surface area contributed by atoms with Crippen molar-refractivity contribution in [1.29, 1.82) is 0 Å². The number of amidine groups is 1. The summed E-state index contributed by atoms with van der Waals surface area (Å²) in [5.41, 5.74) is 6.70. The van der Waals surface area contributed by atoms with Crippen LogP contribution in [-0.4, -0.2) is 53.6 Å². The van der Waals surface area contributed by atoms with E-state index in [2.05, 4.69) is 21.9 Å². The van der Waals surface area contributed by atoms with Crippen LogP contribution in [0.25, 0.3) is 0 Å². The highest BCUT2D eigenvalue weighted by molar-refractivity contribution is 14.1. The van der Waals surface area contributed by atoms with Gasteiger partial charge >= 0.3 is 0 Å². The molecule has 1 aliphatic rings. The number of benzene rings is 2. The smallest absolute Gasteiger partial charge is 0.254 e. The van der Waals surface area contributed by atoms with Crippen LogP contribution in [0.5, 0.6) is 0 Å². The molecule has 0 aliphatic heterocycles. The Hall–Kier alpha value is -2.77. The average Bonchev–Trinajstić information content (AvgIpc) is 2.85. The molecule has 2 aromatic carbocycles. The molecule has 2 aromatic rings. The van der Waals surface area contributed by atoms with Gasteiger partial charge in [-0.05, 0) is 77.7 Å². The number of alkyl halides is 1. The van der Waals surface area contributed by atoms with E-state index < -0.39 is 42.5 Å². The van der Waals surface area contributed by atoms with Gasteiger partial charge in [-0.1, -0.05) is 12.6 Å². The summed E-state index contributed by atoms with van der Waals surface area (Å²) in [6, 6.07) is 6.87. The van der Waals surface area contributed by atoms with Crippen molar-refractivity contribution in [3.05, 3.63) is 80.6 Å². The number of carbonyl (C=O) groups excluding carboxylic acids is 1. The first kappa shape index (κ1) is 28.8. The van der Waals surface area contributed by atoms with Crippen molar-refractivity contribution in [2.24, 2.45) is 21.6 Å². The number of carbonyl (C=O) groups is 1. The first-order valence-corrected chi connectivity index (χ1v) is 12.6. The molecule has 1 amide bonds. The molecule has 11 heteroatoms. The number of aliphatic hydroxyl groups excluding tert-OH is 2. The minimum Gasteiger partial charge on any atom is -0.394 e. The van der Waals surface area contributed by atoms with Crippen LogP contribution in [0.2, 0.25) is 0 Å². The van der Waals surface area contributed by atoms with Crippen LogP contribution in [0.4, 0.5) is 13.2 Å². The van der Waals surface area contributed by atoms with Crippen LogP contribution in [0.3, 0.4) is 0 Å². The largest absolute Gasteiger partial charge is 0.394 e. The molecule has 0 unspecified atom stereocenters. The number of nitrogens with one attached hydrogen (secondary N) is 1. The zero-order chi connectivity index (χ0) is 27.3. The fourth-order valence-corrected chi connectivity index (χ4v) is 4.76. The van der Waals surface area contributed by atoms with Gasteiger partial charge in [0.25, 0.3) is 5.91 Å². The molecule has 7 nitrogen and oxygen atoms in total. The Morgan fingerprint density at radius 2 is 2.00 bits per heavy atom. The fourth-order valence-electron chi connectivity index (χ4n) is 4.11. The number of nitrogens with two attached hydrogens (primary N) is 1. The molecule has 1 fully saturated rings. The number of allylic oxidation sites excluding steroid dienone is 1. The predicted molar refractivity (Wildman–Crippen MR) is 144 cm³/mol. The molecule has 1 aliphatic carbocycles. The van der Waals surface area contributed by atoms with Crippen molar-refractivity contribution in [2.75, 3.05) is 13.7 Å². The van der Waals surface area contributed by atoms with Gasteiger partial charge in [-0.3, -0.25) is 9.79 Å². The Bertz CT molecular complexity index is 1220. The van der Waals surface area contributed by atoms with E-state index in [0.717, 1.165) is 6.07 Å². The second kappa shape index (κ2) is 12.7. The summed E-state index contributed by atoms with van der Waals surface area (Å²) in [6.45, 7) is 3.39. The number of nitrogens with zero attached hydrogens (tertiary/aromatic N) is 2. The maximum absolute atomic E-state index is 15.1. The third-order valence-electron chi connectivity index (χ3n) is 6.21. The summed E-state index contributed by atoms with van der Waals surface area (Å²) in [6.07, 6.45) is -1.58. The van der Waals surface area contributed by atoms with Gasteiger partial charge in [-0.25, -0.2) is 18.2 Å². The lowest BCUT2D eigenvalue weighted by molar-refractivity contribution is 0.0305. The van der Waals surface area contributed by atoms with Crippen LogP contribution in [-0.2, 0) is 0 Å². The molecule has 5 N–H and O–H groups in total. The molecule has 0 bridgehead atoms. The Morgan fingerprint density at radius 3 is 2.59 bits per heavy atom.